The Kier molecular flexibility index (Phi) is 8.75. The zero-order valence-electron chi connectivity index (χ0n) is 21.9. The summed E-state index contributed by atoms with van der Waals surface area (Å²) < 4.78 is 0. The molecule has 1 saturated heterocycles. The number of rotatable bonds is 9. The Morgan fingerprint density at radius 1 is 1.35 bits per heavy atom. The van der Waals surface area contributed by atoms with E-state index >= 15 is 0 Å². The predicted molar refractivity (Wildman–Crippen MR) is 151 cm³/mol. The maximum atomic E-state index is 13.1. The summed E-state index contributed by atoms with van der Waals surface area (Å²) in [5.74, 6) is -1.98. The highest BCUT2D eigenvalue weighted by Crippen LogP contribution is 2.41. The molecule has 0 saturated carbocycles. The molecule has 2 aromatic rings. The average Bonchev–Trinajstić information content (AvgIpc) is 3.43. The highest BCUT2D eigenvalue weighted by Gasteiger charge is 2.54. The lowest BCUT2D eigenvalue weighted by molar-refractivity contribution is -0.707. The number of aliphatic carboxylic acids is 1. The maximum Gasteiger partial charge on any atom is 0.352 e. The van der Waals surface area contributed by atoms with Crippen LogP contribution in [0.25, 0.3) is 0 Å². The highest BCUT2D eigenvalue weighted by molar-refractivity contribution is 8.01. The fraction of sp³-hybridized carbons (Fsp3) is 0.360. The molecule has 212 valence electrons. The van der Waals surface area contributed by atoms with Crippen LogP contribution in [-0.4, -0.2) is 61.8 Å². The van der Waals surface area contributed by atoms with Crippen molar-refractivity contribution in [2.75, 3.05) is 11.5 Å². The monoisotopic (exact) mass is 604 g/mol. The van der Waals surface area contributed by atoms with Crippen molar-refractivity contribution in [2.45, 2.75) is 48.7 Å². The third kappa shape index (κ3) is 6.10. The van der Waals surface area contributed by atoms with Crippen LogP contribution in [0.5, 0.6) is 0 Å². The van der Waals surface area contributed by atoms with Crippen LogP contribution in [0.4, 0.5) is 4.79 Å². The number of carbonyl (C=O) groups excluding carboxylic acids is 3. The predicted octanol–water partition coefficient (Wildman–Crippen LogP) is 2.09. The summed E-state index contributed by atoms with van der Waals surface area (Å²) in [6.07, 6.45) is 1.17. The number of amides is 4. The summed E-state index contributed by atoms with van der Waals surface area (Å²) in [4.78, 5) is 52.8. The average molecular weight is 605 g/mol. The second kappa shape index (κ2) is 11.9. The lowest BCUT2D eigenvalue weighted by Crippen LogP contribution is -2.71. The molecule has 0 aliphatic carbocycles. The Hall–Kier alpha value is -3.56. The molecular formula is C25H28N6O6S3. The Balaban J connectivity index is 1.47. The molecule has 0 spiro atoms. The van der Waals surface area contributed by atoms with E-state index in [1.807, 2.05) is 20.8 Å². The number of carbonyl (C=O) groups is 4. The van der Waals surface area contributed by atoms with Crippen molar-refractivity contribution < 1.29 is 29.1 Å². The second-order valence-corrected chi connectivity index (χ2v) is 13.0. The van der Waals surface area contributed by atoms with E-state index in [0.717, 1.165) is 11.8 Å². The zero-order valence-corrected chi connectivity index (χ0v) is 24.3. The molecule has 4 N–H and O–H groups in total. The van der Waals surface area contributed by atoms with E-state index in [1.54, 1.807) is 29.6 Å². The molecule has 0 radical (unpaired) electrons. The lowest BCUT2D eigenvalue weighted by Gasteiger charge is -2.49. The first-order chi connectivity index (χ1) is 18.9. The summed E-state index contributed by atoms with van der Waals surface area (Å²) in [5, 5.41) is 35.5. The van der Waals surface area contributed by atoms with E-state index in [-0.39, 0.29) is 22.6 Å². The van der Waals surface area contributed by atoms with Gasteiger partial charge < -0.3 is 26.3 Å². The SMILES string of the molecule is C=CNC(=O)NC(C(=O)N[C@H]1C(=O)N2C(C(=O)O)=C(CSc3ccc(C(C)(C)C)n[n+]3[O-])CSC12)c1cccs1. The molecule has 12 nitrogen and oxygen atoms in total. The molecule has 4 heterocycles. The van der Waals surface area contributed by atoms with Gasteiger partial charge in [-0.3, -0.25) is 14.5 Å². The molecule has 1 fully saturated rings. The van der Waals surface area contributed by atoms with E-state index < -0.39 is 41.3 Å². The number of carboxylic acid groups (broad SMARTS) is 1. The quantitative estimate of drug-likeness (QED) is 0.145. The van der Waals surface area contributed by atoms with Crippen molar-refractivity contribution in [3.8, 4) is 0 Å². The molecule has 15 heteroatoms. The third-order valence-corrected chi connectivity index (χ3v) is 9.44. The number of fused-ring (bicyclic) bond motifs is 1. The van der Waals surface area contributed by atoms with Gasteiger partial charge in [0.25, 0.3) is 10.9 Å². The van der Waals surface area contributed by atoms with Crippen LogP contribution in [0.1, 0.15) is 37.4 Å². The van der Waals surface area contributed by atoms with Gasteiger partial charge >= 0.3 is 12.0 Å². The molecule has 2 unspecified atom stereocenters. The summed E-state index contributed by atoms with van der Waals surface area (Å²) in [7, 11) is 0. The minimum atomic E-state index is -1.27. The number of hydrogen-bond donors (Lipinski definition) is 4. The first kappa shape index (κ1) is 29.4. The second-order valence-electron chi connectivity index (χ2n) is 9.89. The van der Waals surface area contributed by atoms with Crippen molar-refractivity contribution >= 4 is 58.7 Å². The molecule has 2 aromatic heterocycles. The van der Waals surface area contributed by atoms with Crippen molar-refractivity contribution in [1.29, 1.82) is 0 Å². The molecule has 3 atom stereocenters. The van der Waals surface area contributed by atoms with Gasteiger partial charge in [-0.15, -0.1) is 23.1 Å². The van der Waals surface area contributed by atoms with Gasteiger partial charge in [0.05, 0.1) is 0 Å². The molecule has 4 amide bonds. The fourth-order valence-corrected chi connectivity index (χ4v) is 7.20. The van der Waals surface area contributed by atoms with E-state index in [2.05, 4.69) is 27.6 Å². The molecule has 2 aliphatic rings. The fourth-order valence-electron chi connectivity index (χ4n) is 4.08. The van der Waals surface area contributed by atoms with Gasteiger partial charge in [-0.1, -0.05) is 33.4 Å². The van der Waals surface area contributed by atoms with Crippen molar-refractivity contribution in [2.24, 2.45) is 0 Å². The van der Waals surface area contributed by atoms with Gasteiger partial charge in [0.1, 0.15) is 28.8 Å². The summed E-state index contributed by atoms with van der Waals surface area (Å²) in [5.41, 5.74) is 0.661. The number of nitrogens with one attached hydrogen (secondary N) is 3. The number of β-lactam (4-membered cyclic amide) rings is 1. The lowest BCUT2D eigenvalue weighted by atomic mass is 9.92. The molecular weight excluding hydrogens is 577 g/mol. The number of nitrogens with zero attached hydrogens (tertiary/aromatic N) is 3. The highest BCUT2D eigenvalue weighted by atomic mass is 32.2. The third-order valence-electron chi connectivity index (χ3n) is 6.08. The molecule has 0 aromatic carbocycles. The van der Waals surface area contributed by atoms with Gasteiger partial charge in [-0.05, 0) is 45.9 Å². The number of thiophene rings is 1. The molecule has 0 bridgehead atoms. The standard InChI is InChI=1S/C25H28N6O6S3/c1-5-26-24(36)28-17(14-7-6-10-38-14)20(32)27-18-21(33)30-19(23(34)35)13(12-40-22(18)30)11-39-16-9-8-15(25(2,3)4)29-31(16)37/h5-10,17-18,22H,1,11-12H2,2-4H3,(H,27,32)(H,34,35)(H2,26,28,36)/t17?,18-,22?/m0/s1. The number of carboxylic acids is 1. The molecule has 4 rings (SSSR count). The number of hydrogen-bond acceptors (Lipinski definition) is 9. The number of thioether (sulfide) groups is 2. The van der Waals surface area contributed by atoms with Crippen molar-refractivity contribution in [3.63, 3.8) is 0 Å². The first-order valence-electron chi connectivity index (χ1n) is 12.1. The largest absolute Gasteiger partial charge is 0.593 e. The number of aromatic nitrogens is 2. The Labute approximate surface area is 242 Å². The van der Waals surface area contributed by atoms with E-state index in [4.69, 9.17) is 0 Å². The van der Waals surface area contributed by atoms with Crippen LogP contribution in [0.3, 0.4) is 0 Å². The van der Waals surface area contributed by atoms with Crippen LogP contribution in [-0.2, 0) is 19.8 Å². The van der Waals surface area contributed by atoms with Crippen molar-refractivity contribution in [3.05, 3.63) is 69.5 Å². The Morgan fingerprint density at radius 3 is 2.70 bits per heavy atom. The van der Waals surface area contributed by atoms with Crippen LogP contribution in [0.15, 0.2) is 58.7 Å². The van der Waals surface area contributed by atoms with Crippen molar-refractivity contribution in [1.82, 2.24) is 25.9 Å². The van der Waals surface area contributed by atoms with Gasteiger partial charge in [-0.25, -0.2) is 9.59 Å². The van der Waals surface area contributed by atoms with Gasteiger partial charge in [-0.2, -0.15) is 0 Å². The Morgan fingerprint density at radius 2 is 2.10 bits per heavy atom. The summed E-state index contributed by atoms with van der Waals surface area (Å²) >= 11 is 3.72. The van der Waals surface area contributed by atoms with Crippen LogP contribution >= 0.6 is 34.9 Å². The van der Waals surface area contributed by atoms with E-state index in [9.17, 15) is 29.5 Å². The van der Waals surface area contributed by atoms with Crippen LogP contribution in [0.2, 0.25) is 0 Å². The van der Waals surface area contributed by atoms with Gasteiger partial charge in [0, 0.05) is 33.0 Å². The van der Waals surface area contributed by atoms with E-state index in [0.29, 0.717) is 26.0 Å². The van der Waals surface area contributed by atoms with Crippen LogP contribution < -0.4 is 20.8 Å². The topological polar surface area (TPSA) is 168 Å². The summed E-state index contributed by atoms with van der Waals surface area (Å²) in [6, 6.07) is 4.16. The minimum Gasteiger partial charge on any atom is -0.593 e. The van der Waals surface area contributed by atoms with Gasteiger partial charge in [0.2, 0.25) is 5.91 Å². The maximum absolute atomic E-state index is 13.1. The minimum absolute atomic E-state index is 0.151. The van der Waals surface area contributed by atoms with Gasteiger partial charge in [0.15, 0.2) is 0 Å². The molecule has 40 heavy (non-hydrogen) atoms. The summed E-state index contributed by atoms with van der Waals surface area (Å²) in [6.45, 7) is 9.25. The number of urea groups is 1. The van der Waals surface area contributed by atoms with Crippen LogP contribution in [0, 0.1) is 5.21 Å². The normalized spacial score (nSPS) is 19.3. The smallest absolute Gasteiger partial charge is 0.352 e. The van der Waals surface area contributed by atoms with E-state index in [1.165, 1.54) is 34.2 Å². The Bertz CT molecular complexity index is 1370. The molecule has 2 aliphatic heterocycles. The zero-order chi connectivity index (χ0) is 29.2. The first-order valence-corrected chi connectivity index (χ1v) is 15.0.